The van der Waals surface area contributed by atoms with Gasteiger partial charge in [-0.05, 0) is 26.7 Å². The van der Waals surface area contributed by atoms with Crippen molar-refractivity contribution < 1.29 is 19.4 Å². The summed E-state index contributed by atoms with van der Waals surface area (Å²) >= 11 is 0. The molecule has 106 valence electrons. The molecule has 5 heteroatoms. The van der Waals surface area contributed by atoms with Gasteiger partial charge in [0.05, 0.1) is 12.0 Å². The van der Waals surface area contributed by atoms with Crippen LogP contribution in [-0.2, 0) is 14.3 Å². The van der Waals surface area contributed by atoms with Crippen LogP contribution in [0.25, 0.3) is 0 Å². The highest BCUT2D eigenvalue weighted by atomic mass is 16.5. The van der Waals surface area contributed by atoms with E-state index in [0.29, 0.717) is 45.2 Å². The van der Waals surface area contributed by atoms with Gasteiger partial charge < -0.3 is 14.6 Å². The lowest BCUT2D eigenvalue weighted by Gasteiger charge is -2.39. The van der Waals surface area contributed by atoms with Crippen molar-refractivity contribution in [3.8, 4) is 0 Å². The third kappa shape index (κ3) is 3.93. The van der Waals surface area contributed by atoms with E-state index in [1.54, 1.807) is 7.11 Å². The van der Waals surface area contributed by atoms with Gasteiger partial charge in [0.1, 0.15) is 0 Å². The monoisotopic (exact) mass is 259 g/mol. The summed E-state index contributed by atoms with van der Waals surface area (Å²) in [7, 11) is 1.67. The van der Waals surface area contributed by atoms with Gasteiger partial charge in [0.25, 0.3) is 0 Å². The number of carboxylic acid groups (broad SMARTS) is 1. The average molecular weight is 259 g/mol. The standard InChI is InChI=1S/C13H25NO4/c1-11(2)14(6-9-17-3)10-13(12(15)16)4-7-18-8-5-13/h11H,4-10H2,1-3H3,(H,15,16). The Morgan fingerprint density at radius 2 is 2.06 bits per heavy atom. The molecule has 1 aliphatic rings. The molecule has 0 aromatic heterocycles. The lowest BCUT2D eigenvalue weighted by molar-refractivity contribution is -0.157. The number of carboxylic acids is 1. The van der Waals surface area contributed by atoms with E-state index >= 15 is 0 Å². The van der Waals surface area contributed by atoms with E-state index in [4.69, 9.17) is 9.47 Å². The zero-order valence-electron chi connectivity index (χ0n) is 11.6. The number of carbonyl (C=O) groups is 1. The summed E-state index contributed by atoms with van der Waals surface area (Å²) in [5.41, 5.74) is -0.656. The molecule has 1 fully saturated rings. The molecule has 18 heavy (non-hydrogen) atoms. The highest BCUT2D eigenvalue weighted by Gasteiger charge is 2.41. The van der Waals surface area contributed by atoms with Crippen molar-refractivity contribution in [3.63, 3.8) is 0 Å². The minimum atomic E-state index is -0.700. The minimum absolute atomic E-state index is 0.319. The van der Waals surface area contributed by atoms with Gasteiger partial charge in [-0.2, -0.15) is 0 Å². The number of rotatable bonds is 7. The largest absolute Gasteiger partial charge is 0.481 e. The second-order valence-corrected chi connectivity index (χ2v) is 5.25. The van der Waals surface area contributed by atoms with Crippen molar-refractivity contribution >= 4 is 5.97 Å². The van der Waals surface area contributed by atoms with Crippen molar-refractivity contribution in [2.75, 3.05) is 40.0 Å². The summed E-state index contributed by atoms with van der Waals surface area (Å²) in [5, 5.41) is 9.53. The Labute approximate surface area is 109 Å². The number of hydrogen-bond donors (Lipinski definition) is 1. The van der Waals surface area contributed by atoms with Gasteiger partial charge in [0.2, 0.25) is 0 Å². The SMILES string of the molecule is COCCN(CC1(C(=O)O)CCOCC1)C(C)C. The first-order valence-corrected chi connectivity index (χ1v) is 6.56. The van der Waals surface area contributed by atoms with E-state index < -0.39 is 11.4 Å². The summed E-state index contributed by atoms with van der Waals surface area (Å²) in [4.78, 5) is 13.8. The predicted octanol–water partition coefficient (Wildman–Crippen LogP) is 1.22. The Balaban J connectivity index is 2.70. The number of nitrogens with zero attached hydrogens (tertiary/aromatic N) is 1. The van der Waals surface area contributed by atoms with Crippen LogP contribution < -0.4 is 0 Å². The van der Waals surface area contributed by atoms with Gasteiger partial charge >= 0.3 is 5.97 Å². The summed E-state index contributed by atoms with van der Waals surface area (Å²) in [6, 6.07) is 0.319. The summed E-state index contributed by atoms with van der Waals surface area (Å²) in [6.45, 7) is 7.24. The van der Waals surface area contributed by atoms with E-state index in [2.05, 4.69) is 18.7 Å². The van der Waals surface area contributed by atoms with E-state index in [1.807, 2.05) is 0 Å². The Morgan fingerprint density at radius 3 is 2.50 bits per heavy atom. The molecule has 0 unspecified atom stereocenters. The molecule has 0 aliphatic carbocycles. The number of methoxy groups -OCH3 is 1. The second kappa shape index (κ2) is 7.07. The number of hydrogen-bond acceptors (Lipinski definition) is 4. The Bertz CT molecular complexity index is 262. The highest BCUT2D eigenvalue weighted by molar-refractivity contribution is 5.75. The first-order valence-electron chi connectivity index (χ1n) is 6.56. The fourth-order valence-electron chi connectivity index (χ4n) is 2.32. The van der Waals surface area contributed by atoms with Crippen LogP contribution in [0.5, 0.6) is 0 Å². The third-order valence-electron chi connectivity index (χ3n) is 3.72. The van der Waals surface area contributed by atoms with E-state index in [-0.39, 0.29) is 0 Å². The molecule has 0 atom stereocenters. The average Bonchev–Trinajstić information content (AvgIpc) is 2.35. The molecule has 0 amide bonds. The highest BCUT2D eigenvalue weighted by Crippen LogP contribution is 2.32. The first-order chi connectivity index (χ1) is 8.52. The lowest BCUT2D eigenvalue weighted by atomic mass is 9.79. The Hall–Kier alpha value is -0.650. The van der Waals surface area contributed by atoms with Gasteiger partial charge in [-0.25, -0.2) is 0 Å². The predicted molar refractivity (Wildman–Crippen MR) is 68.7 cm³/mol. The van der Waals surface area contributed by atoms with E-state index in [0.717, 1.165) is 6.54 Å². The molecule has 0 aromatic carbocycles. The number of ether oxygens (including phenoxy) is 2. The lowest BCUT2D eigenvalue weighted by Crippen LogP contribution is -2.49. The zero-order valence-corrected chi connectivity index (χ0v) is 11.6. The van der Waals surface area contributed by atoms with Crippen LogP contribution in [0, 0.1) is 5.41 Å². The summed E-state index contributed by atoms with van der Waals surface area (Å²) in [6.07, 6.45) is 1.19. The van der Waals surface area contributed by atoms with Crippen molar-refractivity contribution in [2.24, 2.45) is 5.41 Å². The maximum Gasteiger partial charge on any atom is 0.311 e. The summed E-state index contributed by atoms with van der Waals surface area (Å²) < 4.78 is 10.4. The van der Waals surface area contributed by atoms with Crippen molar-refractivity contribution in [1.82, 2.24) is 4.90 Å². The van der Waals surface area contributed by atoms with Crippen LogP contribution in [-0.4, -0.2) is 62.0 Å². The third-order valence-corrected chi connectivity index (χ3v) is 3.72. The van der Waals surface area contributed by atoms with Crippen molar-refractivity contribution in [1.29, 1.82) is 0 Å². The fraction of sp³-hybridized carbons (Fsp3) is 0.923. The molecule has 0 bridgehead atoms. The first kappa shape index (κ1) is 15.4. The van der Waals surface area contributed by atoms with Gasteiger partial charge in [-0.3, -0.25) is 9.69 Å². The van der Waals surface area contributed by atoms with Crippen LogP contribution in [0.15, 0.2) is 0 Å². The Kier molecular flexibility index (Phi) is 6.05. The molecular weight excluding hydrogens is 234 g/mol. The fourth-order valence-corrected chi connectivity index (χ4v) is 2.32. The van der Waals surface area contributed by atoms with E-state index in [1.165, 1.54) is 0 Å². The molecule has 1 rings (SSSR count). The smallest absolute Gasteiger partial charge is 0.311 e. The van der Waals surface area contributed by atoms with Gasteiger partial charge in [-0.15, -0.1) is 0 Å². The van der Waals surface area contributed by atoms with E-state index in [9.17, 15) is 9.90 Å². The number of aliphatic carboxylic acids is 1. The molecule has 0 spiro atoms. The van der Waals surface area contributed by atoms with Gasteiger partial charge in [0, 0.05) is 39.5 Å². The molecule has 1 saturated heterocycles. The normalized spacial score (nSPS) is 19.4. The van der Waals surface area contributed by atoms with Crippen LogP contribution >= 0.6 is 0 Å². The zero-order chi connectivity index (χ0) is 13.6. The quantitative estimate of drug-likeness (QED) is 0.745. The minimum Gasteiger partial charge on any atom is -0.481 e. The van der Waals surface area contributed by atoms with Crippen molar-refractivity contribution in [3.05, 3.63) is 0 Å². The van der Waals surface area contributed by atoms with Crippen LogP contribution in [0.3, 0.4) is 0 Å². The second-order valence-electron chi connectivity index (χ2n) is 5.25. The van der Waals surface area contributed by atoms with Crippen LogP contribution in [0.4, 0.5) is 0 Å². The maximum absolute atomic E-state index is 11.6. The maximum atomic E-state index is 11.6. The van der Waals surface area contributed by atoms with Crippen LogP contribution in [0.1, 0.15) is 26.7 Å². The topological polar surface area (TPSA) is 59.0 Å². The van der Waals surface area contributed by atoms with Gasteiger partial charge in [0.15, 0.2) is 0 Å². The molecule has 0 saturated carbocycles. The molecule has 1 aliphatic heterocycles. The molecule has 0 aromatic rings. The molecule has 0 radical (unpaired) electrons. The molecule has 5 nitrogen and oxygen atoms in total. The van der Waals surface area contributed by atoms with Crippen molar-refractivity contribution in [2.45, 2.75) is 32.7 Å². The molecular formula is C13H25NO4. The Morgan fingerprint density at radius 1 is 1.44 bits per heavy atom. The molecule has 1 N–H and O–H groups in total. The van der Waals surface area contributed by atoms with Gasteiger partial charge in [-0.1, -0.05) is 0 Å². The molecule has 1 heterocycles. The summed E-state index contributed by atoms with van der Waals surface area (Å²) in [5.74, 6) is -0.700. The van der Waals surface area contributed by atoms with Crippen LogP contribution in [0.2, 0.25) is 0 Å².